The molecule has 0 aliphatic heterocycles. The van der Waals surface area contributed by atoms with Crippen LogP contribution in [-0.4, -0.2) is 27.7 Å². The highest BCUT2D eigenvalue weighted by Crippen LogP contribution is 2.22. The van der Waals surface area contributed by atoms with Crippen molar-refractivity contribution in [3.8, 4) is 11.5 Å². The predicted octanol–water partition coefficient (Wildman–Crippen LogP) is 2.46. The average Bonchev–Trinajstić information content (AvgIpc) is 2.50. The van der Waals surface area contributed by atoms with Crippen molar-refractivity contribution in [1.29, 1.82) is 0 Å². The second-order valence-electron chi connectivity index (χ2n) is 4.64. The monoisotopic (exact) mass is 284 g/mol. The smallest absolute Gasteiger partial charge is 0.169 e. The van der Waals surface area contributed by atoms with Gasteiger partial charge in [0.15, 0.2) is 5.78 Å². The van der Waals surface area contributed by atoms with E-state index in [9.17, 15) is 15.0 Å². The fourth-order valence-electron chi connectivity index (χ4n) is 1.98. The summed E-state index contributed by atoms with van der Waals surface area (Å²) < 4.78 is 0. The van der Waals surface area contributed by atoms with Crippen LogP contribution in [0.15, 0.2) is 54.6 Å². The van der Waals surface area contributed by atoms with Crippen molar-refractivity contribution in [1.82, 2.24) is 0 Å². The van der Waals surface area contributed by atoms with Crippen molar-refractivity contribution in [3.63, 3.8) is 0 Å². The number of benzene rings is 2. The van der Waals surface area contributed by atoms with Crippen LogP contribution in [0, 0.1) is 0 Å². The van der Waals surface area contributed by atoms with Crippen molar-refractivity contribution >= 4 is 11.9 Å². The fourth-order valence-corrected chi connectivity index (χ4v) is 1.98. The molecule has 1 atom stereocenters. The van der Waals surface area contributed by atoms with E-state index in [2.05, 4.69) is 0 Å². The first kappa shape index (κ1) is 14.8. The molecule has 0 spiro atoms. The third-order valence-corrected chi connectivity index (χ3v) is 3.13. The summed E-state index contributed by atoms with van der Waals surface area (Å²) in [7, 11) is 0. The molecular weight excluding hydrogens is 268 g/mol. The predicted molar refractivity (Wildman–Crippen MR) is 80.1 cm³/mol. The minimum absolute atomic E-state index is 0.122. The largest absolute Gasteiger partial charge is 0.508 e. The zero-order valence-electron chi connectivity index (χ0n) is 11.3. The van der Waals surface area contributed by atoms with Gasteiger partial charge in [0, 0.05) is 0 Å². The Labute approximate surface area is 122 Å². The van der Waals surface area contributed by atoms with E-state index in [-0.39, 0.29) is 17.3 Å². The highest BCUT2D eigenvalue weighted by Gasteiger charge is 2.16. The minimum Gasteiger partial charge on any atom is -0.508 e. The van der Waals surface area contributed by atoms with Crippen LogP contribution in [0.3, 0.4) is 0 Å². The van der Waals surface area contributed by atoms with Gasteiger partial charge in [0.1, 0.15) is 18.1 Å². The maximum atomic E-state index is 11.9. The second kappa shape index (κ2) is 6.72. The quantitative estimate of drug-likeness (QED) is 0.788. The summed E-state index contributed by atoms with van der Waals surface area (Å²) >= 11 is 0. The first-order chi connectivity index (χ1) is 10.1. The zero-order valence-corrected chi connectivity index (χ0v) is 11.3. The van der Waals surface area contributed by atoms with E-state index in [1.165, 1.54) is 12.1 Å². The van der Waals surface area contributed by atoms with E-state index >= 15 is 0 Å². The van der Waals surface area contributed by atoms with Crippen LogP contribution < -0.4 is 0 Å². The average molecular weight is 284 g/mol. The van der Waals surface area contributed by atoms with Crippen LogP contribution in [0.2, 0.25) is 0 Å². The van der Waals surface area contributed by atoms with Crippen molar-refractivity contribution in [2.75, 3.05) is 6.61 Å². The molecule has 0 amide bonds. The van der Waals surface area contributed by atoms with E-state index in [1.807, 2.05) is 0 Å². The summed E-state index contributed by atoms with van der Waals surface area (Å²) in [4.78, 5) is 11.9. The van der Waals surface area contributed by atoms with Crippen LogP contribution in [0.4, 0.5) is 0 Å². The third-order valence-electron chi connectivity index (χ3n) is 3.13. The molecule has 0 heterocycles. The lowest BCUT2D eigenvalue weighted by Gasteiger charge is -2.11. The number of phenolic OH excluding ortho intramolecular Hbond substituents is 2. The zero-order chi connectivity index (χ0) is 15.2. The molecular formula is C17H16O4. The van der Waals surface area contributed by atoms with Crippen LogP contribution in [0.25, 0.3) is 6.08 Å². The van der Waals surface area contributed by atoms with E-state index in [1.54, 1.807) is 48.6 Å². The van der Waals surface area contributed by atoms with Gasteiger partial charge in [0.2, 0.25) is 0 Å². The van der Waals surface area contributed by atoms with Gasteiger partial charge in [-0.1, -0.05) is 36.4 Å². The highest BCUT2D eigenvalue weighted by molar-refractivity contribution is 5.89. The van der Waals surface area contributed by atoms with Crippen LogP contribution in [0.1, 0.15) is 17.0 Å². The molecule has 108 valence electrons. The van der Waals surface area contributed by atoms with Gasteiger partial charge in [0.05, 0.1) is 5.92 Å². The number of aliphatic hydroxyl groups is 1. The lowest BCUT2D eigenvalue weighted by Crippen LogP contribution is -2.14. The third kappa shape index (κ3) is 3.94. The molecule has 0 saturated carbocycles. The number of aromatic hydroxyl groups is 2. The Morgan fingerprint density at radius 3 is 2.00 bits per heavy atom. The van der Waals surface area contributed by atoms with Gasteiger partial charge in [0.25, 0.3) is 0 Å². The van der Waals surface area contributed by atoms with E-state index in [0.717, 1.165) is 5.56 Å². The topological polar surface area (TPSA) is 77.8 Å². The van der Waals surface area contributed by atoms with Gasteiger partial charge in [-0.15, -0.1) is 0 Å². The number of rotatable bonds is 5. The summed E-state index contributed by atoms with van der Waals surface area (Å²) in [6.45, 7) is -0.550. The summed E-state index contributed by atoms with van der Waals surface area (Å²) in [6.07, 6.45) is 3.45. The number of ketones is 1. The van der Waals surface area contributed by atoms with Crippen LogP contribution in [0.5, 0.6) is 11.5 Å². The summed E-state index contributed by atoms with van der Waals surface area (Å²) in [6, 6.07) is 12.9. The van der Waals surface area contributed by atoms with E-state index in [4.69, 9.17) is 5.11 Å². The highest BCUT2D eigenvalue weighted by atomic mass is 16.3. The number of hydrogen-bond acceptors (Lipinski definition) is 4. The molecule has 2 rings (SSSR count). The molecule has 1 unspecified atom stereocenters. The SMILES string of the molecule is O=C(CO)C(C=Cc1ccc(O)cc1)c1ccc(O)cc1. The maximum absolute atomic E-state index is 11.9. The van der Waals surface area contributed by atoms with Gasteiger partial charge in [-0.05, 0) is 35.4 Å². The van der Waals surface area contributed by atoms with Crippen molar-refractivity contribution in [2.24, 2.45) is 0 Å². The molecule has 2 aromatic rings. The number of carbonyl (C=O) groups is 1. The first-order valence-corrected chi connectivity index (χ1v) is 6.50. The Balaban J connectivity index is 2.26. The molecule has 4 heteroatoms. The fraction of sp³-hybridized carbons (Fsp3) is 0.118. The molecule has 0 fully saturated rings. The van der Waals surface area contributed by atoms with Gasteiger partial charge >= 0.3 is 0 Å². The molecule has 0 aliphatic carbocycles. The Hall–Kier alpha value is -2.59. The molecule has 3 N–H and O–H groups in total. The number of phenols is 2. The number of hydrogen-bond donors (Lipinski definition) is 3. The number of aliphatic hydroxyl groups excluding tert-OH is 1. The van der Waals surface area contributed by atoms with E-state index < -0.39 is 12.5 Å². The van der Waals surface area contributed by atoms with Crippen molar-refractivity contribution in [2.45, 2.75) is 5.92 Å². The van der Waals surface area contributed by atoms with Crippen LogP contribution >= 0.6 is 0 Å². The summed E-state index contributed by atoms with van der Waals surface area (Å²) in [5, 5.41) is 27.6. The molecule has 0 radical (unpaired) electrons. The molecule has 0 bridgehead atoms. The molecule has 0 aliphatic rings. The lowest BCUT2D eigenvalue weighted by atomic mass is 9.93. The Kier molecular flexibility index (Phi) is 4.74. The van der Waals surface area contributed by atoms with Crippen molar-refractivity contribution in [3.05, 3.63) is 65.7 Å². The minimum atomic E-state index is -0.579. The molecule has 21 heavy (non-hydrogen) atoms. The standard InChI is InChI=1S/C17H16O4/c18-11-17(21)16(13-4-8-15(20)9-5-13)10-3-12-1-6-14(19)7-2-12/h1-10,16,18-20H,11H2. The Morgan fingerprint density at radius 2 is 1.48 bits per heavy atom. The Bertz CT molecular complexity index is 627. The van der Waals surface area contributed by atoms with Gasteiger partial charge in [-0.2, -0.15) is 0 Å². The van der Waals surface area contributed by atoms with E-state index in [0.29, 0.717) is 5.56 Å². The number of Topliss-reactive ketones (excluding diaryl/α,β-unsaturated/α-hetero) is 1. The summed E-state index contributed by atoms with van der Waals surface area (Å²) in [5.74, 6) is -0.606. The molecule has 2 aromatic carbocycles. The normalized spacial score (nSPS) is 12.4. The van der Waals surface area contributed by atoms with Gasteiger partial charge < -0.3 is 15.3 Å². The molecule has 0 saturated heterocycles. The number of allylic oxidation sites excluding steroid dienone is 1. The number of carbonyl (C=O) groups excluding carboxylic acids is 1. The van der Waals surface area contributed by atoms with Crippen LogP contribution in [-0.2, 0) is 4.79 Å². The van der Waals surface area contributed by atoms with Gasteiger partial charge in [-0.25, -0.2) is 0 Å². The first-order valence-electron chi connectivity index (χ1n) is 6.50. The maximum Gasteiger partial charge on any atom is 0.169 e. The Morgan fingerprint density at radius 1 is 0.952 bits per heavy atom. The summed E-state index contributed by atoms with van der Waals surface area (Å²) in [5.41, 5.74) is 1.53. The molecule has 4 nitrogen and oxygen atoms in total. The lowest BCUT2D eigenvalue weighted by molar-refractivity contribution is -0.122. The second-order valence-corrected chi connectivity index (χ2v) is 4.64. The van der Waals surface area contributed by atoms with Gasteiger partial charge in [-0.3, -0.25) is 4.79 Å². The van der Waals surface area contributed by atoms with Crippen molar-refractivity contribution < 1.29 is 20.1 Å². The molecule has 0 aromatic heterocycles.